The Morgan fingerprint density at radius 1 is 1.24 bits per heavy atom. The second kappa shape index (κ2) is 5.32. The molecule has 1 amide bonds. The molecule has 2 aromatic rings. The highest BCUT2D eigenvalue weighted by molar-refractivity contribution is 5.99. The summed E-state index contributed by atoms with van der Waals surface area (Å²) in [5.74, 6) is 0.209. The number of anilines is 1. The van der Waals surface area contributed by atoms with Gasteiger partial charge in [0, 0.05) is 12.1 Å². The van der Waals surface area contributed by atoms with Crippen LogP contribution >= 0.6 is 0 Å². The lowest BCUT2D eigenvalue weighted by Crippen LogP contribution is -2.24. The van der Waals surface area contributed by atoms with E-state index in [4.69, 9.17) is 15.2 Å². The summed E-state index contributed by atoms with van der Waals surface area (Å²) in [7, 11) is 0. The molecule has 0 radical (unpaired) electrons. The monoisotopic (exact) mass is 288 g/mol. The average Bonchev–Trinajstić information content (AvgIpc) is 2.96. The number of amides is 1. The minimum Gasteiger partial charge on any atom is -0.454 e. The molecule has 5 nitrogen and oxygen atoms in total. The number of nitrogen functional groups attached to an aromatic ring is 1. The Hall–Kier alpha value is -2.76. The van der Waals surface area contributed by atoms with Crippen LogP contribution in [-0.4, -0.2) is 12.7 Å². The van der Waals surface area contributed by atoms with E-state index in [1.54, 1.807) is 6.07 Å². The van der Waals surface area contributed by atoms with E-state index >= 15 is 0 Å². The first kappa shape index (κ1) is 13.2. The first-order valence-electron chi connectivity index (χ1n) is 6.36. The minimum absolute atomic E-state index is 0.111. The van der Waals surface area contributed by atoms with Gasteiger partial charge in [0.2, 0.25) is 6.79 Å². The highest BCUT2D eigenvalue weighted by atomic mass is 19.1. The number of fused-ring (bicyclic) bond motifs is 1. The molecule has 1 aliphatic rings. The van der Waals surface area contributed by atoms with Gasteiger partial charge in [-0.15, -0.1) is 0 Å². The summed E-state index contributed by atoms with van der Waals surface area (Å²) >= 11 is 0. The summed E-state index contributed by atoms with van der Waals surface area (Å²) in [6.45, 7) is 0.401. The van der Waals surface area contributed by atoms with E-state index in [1.807, 2.05) is 12.1 Å². The normalized spacial score (nSPS) is 12.2. The lowest BCUT2D eigenvalue weighted by Gasteiger charge is -2.09. The average molecular weight is 288 g/mol. The molecular weight excluding hydrogens is 275 g/mol. The summed E-state index contributed by atoms with van der Waals surface area (Å²) < 4.78 is 24.0. The second-order valence-corrected chi connectivity index (χ2v) is 4.53. The maximum atomic E-state index is 13.3. The van der Waals surface area contributed by atoms with E-state index in [2.05, 4.69) is 5.32 Å². The van der Waals surface area contributed by atoms with E-state index in [1.165, 1.54) is 18.2 Å². The number of carbonyl (C=O) groups is 1. The van der Waals surface area contributed by atoms with Crippen LogP contribution < -0.4 is 20.5 Å². The van der Waals surface area contributed by atoms with Crippen LogP contribution in [0.5, 0.6) is 11.5 Å². The third-order valence-corrected chi connectivity index (χ3v) is 3.22. The molecule has 21 heavy (non-hydrogen) atoms. The molecule has 0 aliphatic carbocycles. The molecule has 0 bridgehead atoms. The highest BCUT2D eigenvalue weighted by Crippen LogP contribution is 2.35. The highest BCUT2D eigenvalue weighted by Gasteiger charge is 2.18. The molecule has 3 rings (SSSR count). The third kappa shape index (κ3) is 2.47. The molecule has 6 heteroatoms. The number of ether oxygens (including phenoxy) is 2. The van der Waals surface area contributed by atoms with E-state index in [9.17, 15) is 9.18 Å². The van der Waals surface area contributed by atoms with Gasteiger partial charge in [-0.3, -0.25) is 4.79 Å². The third-order valence-electron chi connectivity index (χ3n) is 3.22. The standard InChI is InChI=1S/C15H13FN2O3/c16-11-5-2-4-10(13(11)17)15(19)18-7-9-3-1-6-12-14(9)21-8-20-12/h1-6H,7-8,17H2,(H,18,19). The summed E-state index contributed by atoms with van der Waals surface area (Å²) in [4.78, 5) is 12.1. The molecule has 0 atom stereocenters. The van der Waals surface area contributed by atoms with Gasteiger partial charge in [-0.25, -0.2) is 4.39 Å². The smallest absolute Gasteiger partial charge is 0.253 e. The Kier molecular flexibility index (Phi) is 3.35. The van der Waals surface area contributed by atoms with E-state index < -0.39 is 11.7 Å². The summed E-state index contributed by atoms with van der Waals surface area (Å²) in [6, 6.07) is 9.55. The lowest BCUT2D eigenvalue weighted by molar-refractivity contribution is 0.0951. The fourth-order valence-electron chi connectivity index (χ4n) is 2.14. The Balaban J connectivity index is 1.75. The maximum Gasteiger partial charge on any atom is 0.253 e. The number of hydrogen-bond donors (Lipinski definition) is 2. The lowest BCUT2D eigenvalue weighted by atomic mass is 10.1. The van der Waals surface area contributed by atoms with Crippen molar-refractivity contribution in [1.82, 2.24) is 5.32 Å². The van der Waals surface area contributed by atoms with Crippen LogP contribution in [0.1, 0.15) is 15.9 Å². The van der Waals surface area contributed by atoms with Crippen molar-refractivity contribution in [2.75, 3.05) is 12.5 Å². The van der Waals surface area contributed by atoms with Gasteiger partial charge in [-0.05, 0) is 18.2 Å². The fraction of sp³-hybridized carbons (Fsp3) is 0.133. The van der Waals surface area contributed by atoms with E-state index in [0.717, 1.165) is 5.56 Å². The molecule has 0 saturated carbocycles. The van der Waals surface area contributed by atoms with Crippen molar-refractivity contribution in [3.05, 3.63) is 53.3 Å². The molecule has 0 unspecified atom stereocenters. The molecule has 0 fully saturated rings. The molecule has 1 heterocycles. The zero-order valence-corrected chi connectivity index (χ0v) is 11.1. The topological polar surface area (TPSA) is 73.6 Å². The van der Waals surface area contributed by atoms with Gasteiger partial charge < -0.3 is 20.5 Å². The number of benzene rings is 2. The molecule has 3 N–H and O–H groups in total. The van der Waals surface area contributed by atoms with Gasteiger partial charge in [0.25, 0.3) is 5.91 Å². The number of halogens is 1. The molecule has 0 saturated heterocycles. The first-order chi connectivity index (χ1) is 10.2. The van der Waals surface area contributed by atoms with Gasteiger partial charge in [0.05, 0.1) is 11.3 Å². The van der Waals surface area contributed by atoms with E-state index in [0.29, 0.717) is 11.5 Å². The number of hydrogen-bond acceptors (Lipinski definition) is 4. The van der Waals surface area contributed by atoms with Crippen molar-refractivity contribution < 1.29 is 18.7 Å². The van der Waals surface area contributed by atoms with Crippen LogP contribution in [-0.2, 0) is 6.54 Å². The van der Waals surface area contributed by atoms with Crippen LogP contribution in [0, 0.1) is 5.82 Å². The van der Waals surface area contributed by atoms with Gasteiger partial charge in [-0.1, -0.05) is 18.2 Å². The molecule has 1 aliphatic heterocycles. The quantitative estimate of drug-likeness (QED) is 0.848. The minimum atomic E-state index is -0.611. The molecule has 0 spiro atoms. The zero-order chi connectivity index (χ0) is 14.8. The Bertz CT molecular complexity index is 703. The number of nitrogens with one attached hydrogen (secondary N) is 1. The van der Waals surface area contributed by atoms with Gasteiger partial charge in [-0.2, -0.15) is 0 Å². The van der Waals surface area contributed by atoms with Gasteiger partial charge in [0.15, 0.2) is 11.5 Å². The molecular formula is C15H13FN2O3. The number of rotatable bonds is 3. The maximum absolute atomic E-state index is 13.3. The number of para-hydroxylation sites is 2. The van der Waals surface area contributed by atoms with Crippen molar-refractivity contribution in [3.63, 3.8) is 0 Å². The van der Waals surface area contributed by atoms with Crippen molar-refractivity contribution in [2.45, 2.75) is 6.54 Å². The fourth-order valence-corrected chi connectivity index (χ4v) is 2.14. The van der Waals surface area contributed by atoms with Crippen molar-refractivity contribution in [3.8, 4) is 11.5 Å². The Morgan fingerprint density at radius 2 is 2.05 bits per heavy atom. The first-order valence-corrected chi connectivity index (χ1v) is 6.36. The van der Waals surface area contributed by atoms with Crippen LogP contribution in [0.15, 0.2) is 36.4 Å². The van der Waals surface area contributed by atoms with Crippen LogP contribution in [0.3, 0.4) is 0 Å². The number of carbonyl (C=O) groups excluding carboxylic acids is 1. The Labute approximate surface area is 120 Å². The van der Waals surface area contributed by atoms with Gasteiger partial charge >= 0.3 is 0 Å². The van der Waals surface area contributed by atoms with Crippen molar-refractivity contribution in [2.24, 2.45) is 0 Å². The van der Waals surface area contributed by atoms with Gasteiger partial charge in [0.1, 0.15) is 5.82 Å². The Morgan fingerprint density at radius 3 is 2.90 bits per heavy atom. The van der Waals surface area contributed by atoms with E-state index in [-0.39, 0.29) is 24.6 Å². The predicted molar refractivity (Wildman–Crippen MR) is 74.5 cm³/mol. The summed E-state index contributed by atoms with van der Waals surface area (Å²) in [5.41, 5.74) is 6.30. The van der Waals surface area contributed by atoms with Crippen LogP contribution in [0.25, 0.3) is 0 Å². The molecule has 108 valence electrons. The summed E-state index contributed by atoms with van der Waals surface area (Å²) in [5, 5.41) is 2.69. The zero-order valence-electron chi connectivity index (χ0n) is 11.1. The van der Waals surface area contributed by atoms with Crippen molar-refractivity contribution >= 4 is 11.6 Å². The molecule has 2 aromatic carbocycles. The summed E-state index contributed by atoms with van der Waals surface area (Å²) in [6.07, 6.45) is 0. The second-order valence-electron chi connectivity index (χ2n) is 4.53. The largest absolute Gasteiger partial charge is 0.454 e. The van der Waals surface area contributed by atoms with Crippen LogP contribution in [0.4, 0.5) is 10.1 Å². The van der Waals surface area contributed by atoms with Crippen LogP contribution in [0.2, 0.25) is 0 Å². The number of nitrogens with two attached hydrogens (primary N) is 1. The molecule has 0 aromatic heterocycles. The predicted octanol–water partition coefficient (Wildman–Crippen LogP) is 2.07. The SMILES string of the molecule is Nc1c(F)cccc1C(=O)NCc1cccc2c1OCO2. The van der Waals surface area contributed by atoms with Crippen molar-refractivity contribution in [1.29, 1.82) is 0 Å².